The molecule has 13 heavy (non-hydrogen) atoms. The lowest BCUT2D eigenvalue weighted by molar-refractivity contribution is 0.401. The van der Waals surface area contributed by atoms with Gasteiger partial charge in [0.2, 0.25) is 0 Å². The molecule has 1 saturated carbocycles. The first-order valence-corrected chi connectivity index (χ1v) is 5.39. The molecule has 1 fully saturated rings. The molecular weight excluding hydrogens is 158 g/mol. The van der Waals surface area contributed by atoms with Crippen LogP contribution >= 0.6 is 0 Å². The van der Waals surface area contributed by atoms with Gasteiger partial charge in [0, 0.05) is 5.71 Å². The van der Waals surface area contributed by atoms with E-state index in [-0.39, 0.29) is 5.54 Å². The Balaban J connectivity index is 2.31. The van der Waals surface area contributed by atoms with E-state index >= 15 is 0 Å². The van der Waals surface area contributed by atoms with E-state index in [2.05, 4.69) is 26.8 Å². The van der Waals surface area contributed by atoms with Crippen LogP contribution in [0.15, 0.2) is 16.6 Å². The second-order valence-corrected chi connectivity index (χ2v) is 4.90. The van der Waals surface area contributed by atoms with Crippen LogP contribution in [-0.4, -0.2) is 11.3 Å². The molecule has 0 aromatic heterocycles. The summed E-state index contributed by atoms with van der Waals surface area (Å²) in [4.78, 5) is 4.87. The van der Waals surface area contributed by atoms with Crippen molar-refractivity contribution in [1.82, 2.24) is 0 Å². The molecule has 1 aliphatic heterocycles. The Morgan fingerprint density at radius 2 is 2.00 bits per heavy atom. The van der Waals surface area contributed by atoms with Crippen LogP contribution in [0.2, 0.25) is 0 Å². The number of fused-ring (bicyclic) bond motifs is 1. The molecule has 0 radical (unpaired) electrons. The van der Waals surface area contributed by atoms with Crippen LogP contribution in [0.1, 0.15) is 46.5 Å². The number of allylic oxidation sites excluding steroid dienone is 1. The summed E-state index contributed by atoms with van der Waals surface area (Å²) in [6.45, 7) is 6.76. The van der Waals surface area contributed by atoms with Gasteiger partial charge in [0.05, 0.1) is 5.54 Å². The Morgan fingerprint density at radius 1 is 1.31 bits per heavy atom. The highest BCUT2D eigenvalue weighted by molar-refractivity contribution is 6.01. The Labute approximate surface area is 80.9 Å². The quantitative estimate of drug-likeness (QED) is 0.538. The zero-order valence-electron chi connectivity index (χ0n) is 8.93. The lowest BCUT2D eigenvalue weighted by Crippen LogP contribution is -2.32. The molecule has 1 unspecified atom stereocenters. The molecule has 0 bridgehead atoms. The highest BCUT2D eigenvalue weighted by Crippen LogP contribution is 2.34. The van der Waals surface area contributed by atoms with E-state index in [0.29, 0.717) is 5.92 Å². The second-order valence-electron chi connectivity index (χ2n) is 4.90. The lowest BCUT2D eigenvalue weighted by Gasteiger charge is -2.34. The average Bonchev–Trinajstić information content (AvgIpc) is 2.06. The molecule has 2 rings (SSSR count). The molecule has 72 valence electrons. The smallest absolute Gasteiger partial charge is 0.0615 e. The van der Waals surface area contributed by atoms with Crippen LogP contribution in [0.5, 0.6) is 0 Å². The van der Waals surface area contributed by atoms with E-state index in [9.17, 15) is 0 Å². The van der Waals surface area contributed by atoms with Crippen molar-refractivity contribution < 1.29 is 0 Å². The van der Waals surface area contributed by atoms with Crippen molar-refractivity contribution in [2.45, 2.75) is 52.0 Å². The molecule has 0 aromatic carbocycles. The summed E-state index contributed by atoms with van der Waals surface area (Å²) in [6.07, 6.45) is 7.61. The molecule has 2 aliphatic rings. The van der Waals surface area contributed by atoms with Crippen molar-refractivity contribution in [3.05, 3.63) is 11.6 Å². The van der Waals surface area contributed by atoms with Crippen molar-refractivity contribution in [2.75, 3.05) is 0 Å². The van der Waals surface area contributed by atoms with Gasteiger partial charge in [0.1, 0.15) is 0 Å². The molecule has 0 amide bonds. The molecule has 1 heteroatoms. The highest BCUT2D eigenvalue weighted by atomic mass is 14.9. The van der Waals surface area contributed by atoms with E-state index in [1.54, 1.807) is 0 Å². The fraction of sp³-hybridized carbons (Fsp3) is 0.750. The zero-order valence-corrected chi connectivity index (χ0v) is 8.93. The first-order valence-electron chi connectivity index (χ1n) is 5.39. The third-order valence-electron chi connectivity index (χ3n) is 3.47. The minimum Gasteiger partial charge on any atom is -0.283 e. The van der Waals surface area contributed by atoms with Gasteiger partial charge in [0.15, 0.2) is 0 Å². The van der Waals surface area contributed by atoms with Gasteiger partial charge in [-0.1, -0.05) is 13.0 Å². The molecule has 1 aliphatic carbocycles. The van der Waals surface area contributed by atoms with Gasteiger partial charge in [-0.15, -0.1) is 0 Å². The Morgan fingerprint density at radius 3 is 2.77 bits per heavy atom. The SMILES string of the molecule is CC1C=C2CCCCC2=NC1(C)C. The van der Waals surface area contributed by atoms with Crippen molar-refractivity contribution in [3.8, 4) is 0 Å². The van der Waals surface area contributed by atoms with Crippen LogP contribution < -0.4 is 0 Å². The van der Waals surface area contributed by atoms with E-state index in [0.717, 1.165) is 0 Å². The molecule has 0 saturated heterocycles. The predicted molar refractivity (Wildman–Crippen MR) is 57.2 cm³/mol. The number of dihydropyridines is 1. The van der Waals surface area contributed by atoms with Gasteiger partial charge < -0.3 is 0 Å². The third-order valence-corrected chi connectivity index (χ3v) is 3.47. The lowest BCUT2D eigenvalue weighted by atomic mass is 9.80. The molecule has 1 heterocycles. The van der Waals surface area contributed by atoms with Crippen molar-refractivity contribution in [3.63, 3.8) is 0 Å². The van der Waals surface area contributed by atoms with Gasteiger partial charge in [-0.05, 0) is 51.0 Å². The number of aliphatic imine (C=N–C) groups is 1. The monoisotopic (exact) mass is 177 g/mol. The summed E-state index contributed by atoms with van der Waals surface area (Å²) in [5.41, 5.74) is 3.07. The van der Waals surface area contributed by atoms with Crippen LogP contribution in [-0.2, 0) is 0 Å². The number of hydrogen-bond acceptors (Lipinski definition) is 1. The normalized spacial score (nSPS) is 31.8. The average molecular weight is 177 g/mol. The highest BCUT2D eigenvalue weighted by Gasteiger charge is 2.30. The predicted octanol–water partition coefficient (Wildman–Crippen LogP) is 3.36. The second kappa shape index (κ2) is 2.97. The molecular formula is C12H19N. The van der Waals surface area contributed by atoms with E-state index < -0.39 is 0 Å². The number of hydrogen-bond donors (Lipinski definition) is 0. The third kappa shape index (κ3) is 1.56. The minimum atomic E-state index is 0.135. The number of nitrogens with zero attached hydrogens (tertiary/aromatic N) is 1. The van der Waals surface area contributed by atoms with Crippen molar-refractivity contribution in [1.29, 1.82) is 0 Å². The van der Waals surface area contributed by atoms with Gasteiger partial charge >= 0.3 is 0 Å². The van der Waals surface area contributed by atoms with Gasteiger partial charge in [0.25, 0.3) is 0 Å². The standard InChI is InChI=1S/C12H19N/c1-9-8-10-6-4-5-7-11(10)13-12(9,2)3/h8-9H,4-7H2,1-3H3. The molecule has 1 atom stereocenters. The Kier molecular flexibility index (Phi) is 2.05. The van der Waals surface area contributed by atoms with Crippen LogP contribution in [0.4, 0.5) is 0 Å². The van der Waals surface area contributed by atoms with Gasteiger partial charge in [-0.25, -0.2) is 0 Å². The maximum atomic E-state index is 4.87. The summed E-state index contributed by atoms with van der Waals surface area (Å²) in [6, 6.07) is 0. The minimum absolute atomic E-state index is 0.135. The largest absolute Gasteiger partial charge is 0.283 e. The molecule has 0 spiro atoms. The van der Waals surface area contributed by atoms with E-state index in [1.165, 1.54) is 37.0 Å². The van der Waals surface area contributed by atoms with Crippen molar-refractivity contribution >= 4 is 5.71 Å². The fourth-order valence-corrected chi connectivity index (χ4v) is 2.18. The van der Waals surface area contributed by atoms with E-state index in [4.69, 9.17) is 4.99 Å². The van der Waals surface area contributed by atoms with Gasteiger partial charge in [-0.2, -0.15) is 0 Å². The molecule has 0 N–H and O–H groups in total. The summed E-state index contributed by atoms with van der Waals surface area (Å²) >= 11 is 0. The summed E-state index contributed by atoms with van der Waals surface area (Å²) < 4.78 is 0. The Bertz CT molecular complexity index is 271. The maximum Gasteiger partial charge on any atom is 0.0615 e. The van der Waals surface area contributed by atoms with E-state index in [1.807, 2.05) is 0 Å². The molecule has 0 aromatic rings. The van der Waals surface area contributed by atoms with Crippen LogP contribution in [0.25, 0.3) is 0 Å². The van der Waals surface area contributed by atoms with Crippen LogP contribution in [0.3, 0.4) is 0 Å². The molecule has 1 nitrogen and oxygen atoms in total. The first-order chi connectivity index (χ1) is 6.09. The topological polar surface area (TPSA) is 12.4 Å². The fourth-order valence-electron chi connectivity index (χ4n) is 2.18. The summed E-state index contributed by atoms with van der Waals surface area (Å²) in [5, 5.41) is 0. The summed E-state index contributed by atoms with van der Waals surface area (Å²) in [7, 11) is 0. The zero-order chi connectivity index (χ0) is 9.47. The van der Waals surface area contributed by atoms with Crippen molar-refractivity contribution in [2.24, 2.45) is 10.9 Å². The van der Waals surface area contributed by atoms with Gasteiger partial charge in [-0.3, -0.25) is 4.99 Å². The first kappa shape index (κ1) is 8.98. The van der Waals surface area contributed by atoms with Crippen LogP contribution in [0, 0.1) is 5.92 Å². The Hall–Kier alpha value is -0.590. The maximum absolute atomic E-state index is 4.87. The number of rotatable bonds is 0. The summed E-state index contributed by atoms with van der Waals surface area (Å²) in [5.74, 6) is 0.601.